The lowest BCUT2D eigenvalue weighted by Gasteiger charge is -2.15. The Morgan fingerprint density at radius 3 is 2.56 bits per heavy atom. The number of hydrogen-bond acceptors (Lipinski definition) is 5. The molecular weight excluding hydrogens is 415 g/mol. The topological polar surface area (TPSA) is 88.1 Å². The van der Waals surface area contributed by atoms with E-state index in [0.29, 0.717) is 0 Å². The van der Waals surface area contributed by atoms with Crippen LogP contribution in [0.15, 0.2) is 70.5 Å². The zero-order chi connectivity index (χ0) is 22.8. The van der Waals surface area contributed by atoms with Crippen molar-refractivity contribution in [3.63, 3.8) is 0 Å². The number of rotatable bonds is 6. The first-order chi connectivity index (χ1) is 15.4. The van der Waals surface area contributed by atoms with Crippen molar-refractivity contribution >= 4 is 17.1 Å². The zero-order valence-corrected chi connectivity index (χ0v) is 17.6. The first kappa shape index (κ1) is 21.2. The summed E-state index contributed by atoms with van der Waals surface area (Å²) in [6.45, 7) is 3.45. The predicted molar refractivity (Wildman–Crippen MR) is 116 cm³/mol. The Bertz CT molecular complexity index is 1410. The largest absolute Gasteiger partial charge is 0.464 e. The Hall–Kier alpha value is -4.01. The van der Waals surface area contributed by atoms with E-state index in [2.05, 4.69) is 4.98 Å². The van der Waals surface area contributed by atoms with Crippen molar-refractivity contribution in [1.82, 2.24) is 18.7 Å². The molecule has 0 aliphatic rings. The Kier molecular flexibility index (Phi) is 5.72. The van der Waals surface area contributed by atoms with E-state index in [-0.39, 0.29) is 30.0 Å². The zero-order valence-electron chi connectivity index (χ0n) is 17.6. The molecule has 0 N–H and O–H groups in total. The Balaban J connectivity index is 2.02. The summed E-state index contributed by atoms with van der Waals surface area (Å²) in [7, 11) is 0. The van der Waals surface area contributed by atoms with Crippen LogP contribution in [-0.2, 0) is 16.1 Å². The maximum absolute atomic E-state index is 14.0. The lowest BCUT2D eigenvalue weighted by atomic mass is 10.2. The van der Waals surface area contributed by atoms with Gasteiger partial charge in [0.05, 0.1) is 25.2 Å². The summed E-state index contributed by atoms with van der Waals surface area (Å²) in [5, 5.41) is 0. The van der Waals surface area contributed by atoms with Crippen molar-refractivity contribution in [2.45, 2.75) is 26.4 Å². The monoisotopic (exact) mass is 436 g/mol. The summed E-state index contributed by atoms with van der Waals surface area (Å²) in [4.78, 5) is 43.4. The van der Waals surface area contributed by atoms with Crippen LogP contribution in [0.4, 0.5) is 4.39 Å². The smallest absolute Gasteiger partial charge is 0.337 e. The standard InChI is InChI=1S/C23H21FN4O4/c1-3-32-22(30)15(2)27-14-25-20-19(27)21(29)26(13-16-8-5-4-6-9-16)23(31)28(20)18-11-7-10-17(24)12-18/h4-12,14-15H,3,13H2,1-2H3. The van der Waals surface area contributed by atoms with Crippen molar-refractivity contribution in [3.8, 4) is 5.69 Å². The number of aromatic nitrogens is 4. The van der Waals surface area contributed by atoms with Crippen LogP contribution >= 0.6 is 0 Å². The number of fused-ring (bicyclic) bond motifs is 1. The third kappa shape index (κ3) is 3.73. The van der Waals surface area contributed by atoms with E-state index in [1.165, 1.54) is 33.7 Å². The molecular formula is C23H21FN4O4. The number of hydrogen-bond donors (Lipinski definition) is 0. The van der Waals surface area contributed by atoms with E-state index in [4.69, 9.17) is 4.74 Å². The maximum Gasteiger partial charge on any atom is 0.337 e. The van der Waals surface area contributed by atoms with Gasteiger partial charge in [-0.2, -0.15) is 0 Å². The van der Waals surface area contributed by atoms with E-state index >= 15 is 0 Å². The summed E-state index contributed by atoms with van der Waals surface area (Å²) >= 11 is 0. The molecule has 0 aliphatic carbocycles. The molecule has 0 bridgehead atoms. The lowest BCUT2D eigenvalue weighted by molar-refractivity contribution is -0.146. The van der Waals surface area contributed by atoms with E-state index in [1.807, 2.05) is 6.07 Å². The molecule has 0 aliphatic heterocycles. The second-order valence-electron chi connectivity index (χ2n) is 7.23. The molecule has 0 fully saturated rings. The van der Waals surface area contributed by atoms with Gasteiger partial charge in [-0.1, -0.05) is 36.4 Å². The highest BCUT2D eigenvalue weighted by Crippen LogP contribution is 2.18. The molecule has 2 aromatic heterocycles. The van der Waals surface area contributed by atoms with Crippen LogP contribution in [0.1, 0.15) is 25.5 Å². The van der Waals surface area contributed by atoms with Crippen LogP contribution in [0.25, 0.3) is 16.9 Å². The molecule has 4 rings (SSSR count). The fourth-order valence-corrected chi connectivity index (χ4v) is 3.57. The van der Waals surface area contributed by atoms with Crippen LogP contribution in [0, 0.1) is 5.82 Å². The number of carbonyl (C=O) groups is 1. The Morgan fingerprint density at radius 1 is 1.12 bits per heavy atom. The summed E-state index contributed by atoms with van der Waals surface area (Å²) in [5.74, 6) is -1.08. The molecule has 0 amide bonds. The van der Waals surface area contributed by atoms with Gasteiger partial charge in [0, 0.05) is 0 Å². The quantitative estimate of drug-likeness (QED) is 0.434. The van der Waals surface area contributed by atoms with Crippen molar-refractivity contribution in [3.05, 3.63) is 93.1 Å². The van der Waals surface area contributed by atoms with Crippen LogP contribution in [-0.4, -0.2) is 31.3 Å². The average Bonchev–Trinajstić information content (AvgIpc) is 3.22. The normalized spacial score (nSPS) is 12.1. The Morgan fingerprint density at radius 2 is 1.88 bits per heavy atom. The molecule has 0 saturated carbocycles. The summed E-state index contributed by atoms with van der Waals surface area (Å²) in [5.41, 5.74) is -0.227. The van der Waals surface area contributed by atoms with Gasteiger partial charge in [0.2, 0.25) is 0 Å². The number of esters is 1. The van der Waals surface area contributed by atoms with Gasteiger partial charge in [0.1, 0.15) is 11.9 Å². The van der Waals surface area contributed by atoms with Gasteiger partial charge in [-0.3, -0.25) is 9.36 Å². The van der Waals surface area contributed by atoms with Gasteiger partial charge in [0.25, 0.3) is 5.56 Å². The van der Waals surface area contributed by atoms with Crippen LogP contribution in [0.5, 0.6) is 0 Å². The number of ether oxygens (including phenoxy) is 1. The third-order valence-corrected chi connectivity index (χ3v) is 5.15. The molecule has 0 saturated heterocycles. The minimum Gasteiger partial charge on any atom is -0.464 e. The minimum atomic E-state index is -0.851. The second kappa shape index (κ2) is 8.62. The first-order valence-electron chi connectivity index (χ1n) is 10.1. The predicted octanol–water partition coefficient (Wildman–Crippen LogP) is 2.66. The highest BCUT2D eigenvalue weighted by atomic mass is 19.1. The number of halogens is 1. The Labute approximate surface area is 182 Å². The molecule has 164 valence electrons. The summed E-state index contributed by atoms with van der Waals surface area (Å²) in [6.07, 6.45) is 1.32. The number of benzene rings is 2. The van der Waals surface area contributed by atoms with Crippen molar-refractivity contribution in [2.24, 2.45) is 0 Å². The average molecular weight is 436 g/mol. The molecule has 4 aromatic rings. The lowest BCUT2D eigenvalue weighted by Crippen LogP contribution is -2.40. The second-order valence-corrected chi connectivity index (χ2v) is 7.23. The van der Waals surface area contributed by atoms with Gasteiger partial charge in [-0.05, 0) is 37.6 Å². The molecule has 0 radical (unpaired) electrons. The molecule has 0 spiro atoms. The maximum atomic E-state index is 14.0. The first-order valence-corrected chi connectivity index (χ1v) is 10.1. The molecule has 1 unspecified atom stereocenters. The molecule has 8 nitrogen and oxygen atoms in total. The van der Waals surface area contributed by atoms with Gasteiger partial charge in [0.15, 0.2) is 11.2 Å². The number of imidazole rings is 1. The van der Waals surface area contributed by atoms with E-state index < -0.39 is 29.1 Å². The number of nitrogens with zero attached hydrogens (tertiary/aromatic N) is 4. The highest BCUT2D eigenvalue weighted by molar-refractivity contribution is 5.79. The van der Waals surface area contributed by atoms with Crippen molar-refractivity contribution < 1.29 is 13.9 Å². The van der Waals surface area contributed by atoms with Gasteiger partial charge in [-0.15, -0.1) is 0 Å². The van der Waals surface area contributed by atoms with Crippen LogP contribution in [0.3, 0.4) is 0 Å². The fraction of sp³-hybridized carbons (Fsp3) is 0.217. The highest BCUT2D eigenvalue weighted by Gasteiger charge is 2.25. The molecule has 9 heteroatoms. The summed E-state index contributed by atoms with van der Waals surface area (Å²) in [6, 6.07) is 13.6. The van der Waals surface area contributed by atoms with Gasteiger partial charge < -0.3 is 9.30 Å². The molecule has 32 heavy (non-hydrogen) atoms. The van der Waals surface area contributed by atoms with E-state index in [9.17, 15) is 18.8 Å². The van der Waals surface area contributed by atoms with Crippen LogP contribution < -0.4 is 11.2 Å². The van der Waals surface area contributed by atoms with Gasteiger partial charge in [-0.25, -0.2) is 23.5 Å². The van der Waals surface area contributed by atoms with Crippen LogP contribution in [0.2, 0.25) is 0 Å². The molecule has 2 heterocycles. The summed E-state index contributed by atoms with van der Waals surface area (Å²) < 4.78 is 22.7. The molecule has 2 aromatic carbocycles. The molecule has 1 atom stereocenters. The SMILES string of the molecule is CCOC(=O)C(C)n1cnc2c1c(=O)n(Cc1ccccc1)c(=O)n2-c1cccc(F)c1. The van der Waals surface area contributed by atoms with Crippen molar-refractivity contribution in [2.75, 3.05) is 6.61 Å². The third-order valence-electron chi connectivity index (χ3n) is 5.15. The fourth-order valence-electron chi connectivity index (χ4n) is 3.57. The minimum absolute atomic E-state index is 0.00271. The van der Waals surface area contributed by atoms with Gasteiger partial charge >= 0.3 is 11.7 Å². The van der Waals surface area contributed by atoms with E-state index in [0.717, 1.165) is 10.1 Å². The van der Waals surface area contributed by atoms with E-state index in [1.54, 1.807) is 44.2 Å². The number of carbonyl (C=O) groups excluding carboxylic acids is 1. The van der Waals surface area contributed by atoms with Crippen molar-refractivity contribution in [1.29, 1.82) is 0 Å².